The number of carbonyl (C=O) groups is 1. The minimum Gasteiger partial charge on any atom is -0.441 e. The molecule has 32 heavy (non-hydrogen) atoms. The number of alkyl halides is 2. The standard InChI is InChI=1S/C23H19ClF2N4O2/c24-17-3-1-2-4-19(17)30-13-22(32-21(30)31)7-8-23(25,26)16(10-22)12-29-14-28-18-6-5-15(11-27)9-20(18)29/h1-6,9,14,16H,7-8,10,12-13H2/t16-,22-/m0/s1. The van der Waals surface area contributed by atoms with Gasteiger partial charge in [-0.15, -0.1) is 0 Å². The summed E-state index contributed by atoms with van der Waals surface area (Å²) in [5.41, 5.74) is 1.20. The van der Waals surface area contributed by atoms with Gasteiger partial charge in [0.25, 0.3) is 5.92 Å². The normalized spacial score (nSPS) is 24.6. The Morgan fingerprint density at radius 3 is 2.84 bits per heavy atom. The van der Waals surface area contributed by atoms with Crippen molar-refractivity contribution in [3.63, 3.8) is 0 Å². The van der Waals surface area contributed by atoms with Crippen molar-refractivity contribution in [3.05, 3.63) is 59.4 Å². The smallest absolute Gasteiger partial charge is 0.415 e. The van der Waals surface area contributed by atoms with Gasteiger partial charge in [-0.2, -0.15) is 5.26 Å². The Balaban J connectivity index is 1.43. The topological polar surface area (TPSA) is 71.2 Å². The van der Waals surface area contributed by atoms with E-state index in [-0.39, 0.29) is 32.4 Å². The van der Waals surface area contributed by atoms with Crippen molar-refractivity contribution >= 4 is 34.4 Å². The number of ether oxygens (including phenoxy) is 1. The molecule has 9 heteroatoms. The molecule has 1 aromatic heterocycles. The van der Waals surface area contributed by atoms with E-state index in [1.807, 2.05) is 0 Å². The summed E-state index contributed by atoms with van der Waals surface area (Å²) in [6.07, 6.45) is 0.655. The summed E-state index contributed by atoms with van der Waals surface area (Å²) in [5, 5.41) is 9.57. The highest BCUT2D eigenvalue weighted by Gasteiger charge is 2.56. The van der Waals surface area contributed by atoms with Crippen LogP contribution in [-0.2, 0) is 11.3 Å². The van der Waals surface area contributed by atoms with Crippen molar-refractivity contribution in [1.82, 2.24) is 9.55 Å². The highest BCUT2D eigenvalue weighted by Crippen LogP contribution is 2.48. The summed E-state index contributed by atoms with van der Waals surface area (Å²) in [5.74, 6) is -3.97. The molecule has 1 amide bonds. The molecular formula is C23H19ClF2N4O2. The average Bonchev–Trinajstić information content (AvgIpc) is 3.32. The van der Waals surface area contributed by atoms with Gasteiger partial charge in [0.2, 0.25) is 0 Å². The van der Waals surface area contributed by atoms with Crippen molar-refractivity contribution in [1.29, 1.82) is 5.26 Å². The first-order valence-electron chi connectivity index (χ1n) is 10.3. The van der Waals surface area contributed by atoms with Crippen molar-refractivity contribution in [3.8, 4) is 6.07 Å². The second-order valence-electron chi connectivity index (χ2n) is 8.46. The van der Waals surface area contributed by atoms with Crippen LogP contribution in [0.3, 0.4) is 0 Å². The van der Waals surface area contributed by atoms with E-state index in [9.17, 15) is 18.8 Å². The van der Waals surface area contributed by atoms with E-state index in [0.717, 1.165) is 0 Å². The van der Waals surface area contributed by atoms with Crippen molar-refractivity contribution in [2.45, 2.75) is 37.3 Å². The van der Waals surface area contributed by atoms with Gasteiger partial charge in [-0.1, -0.05) is 23.7 Å². The van der Waals surface area contributed by atoms with Gasteiger partial charge in [-0.05, 0) is 43.2 Å². The van der Waals surface area contributed by atoms with E-state index in [0.29, 0.717) is 27.3 Å². The Labute approximate surface area is 188 Å². The molecule has 0 radical (unpaired) electrons. The van der Waals surface area contributed by atoms with Gasteiger partial charge < -0.3 is 9.30 Å². The fourth-order valence-corrected chi connectivity index (χ4v) is 4.96. The summed E-state index contributed by atoms with van der Waals surface area (Å²) in [6.45, 7) is 0.176. The molecular weight excluding hydrogens is 438 g/mol. The monoisotopic (exact) mass is 456 g/mol. The first-order valence-corrected chi connectivity index (χ1v) is 10.7. The van der Waals surface area contributed by atoms with Gasteiger partial charge in [-0.25, -0.2) is 18.6 Å². The second-order valence-corrected chi connectivity index (χ2v) is 8.87. The van der Waals surface area contributed by atoms with Gasteiger partial charge in [0.15, 0.2) is 0 Å². The zero-order chi connectivity index (χ0) is 22.5. The SMILES string of the molecule is N#Cc1ccc2ncn(C[C@@H]3C[C@@]4(CCC3(F)F)CN(c3ccccc3Cl)C(=O)O4)c2c1. The number of aromatic nitrogens is 2. The lowest BCUT2D eigenvalue weighted by atomic mass is 9.75. The molecule has 2 aromatic carbocycles. The summed E-state index contributed by atoms with van der Waals surface area (Å²) >= 11 is 6.24. The Bertz CT molecular complexity index is 1250. The molecule has 6 nitrogen and oxygen atoms in total. The summed E-state index contributed by atoms with van der Waals surface area (Å²) in [6, 6.07) is 14.0. The van der Waals surface area contributed by atoms with Crippen LogP contribution in [-0.4, -0.2) is 33.7 Å². The van der Waals surface area contributed by atoms with Gasteiger partial charge in [0.05, 0.1) is 46.2 Å². The highest BCUT2D eigenvalue weighted by atomic mass is 35.5. The number of imidazole rings is 1. The highest BCUT2D eigenvalue weighted by molar-refractivity contribution is 6.33. The number of hydrogen-bond donors (Lipinski definition) is 0. The third-order valence-electron chi connectivity index (χ3n) is 6.41. The minimum atomic E-state index is -2.92. The van der Waals surface area contributed by atoms with Gasteiger partial charge in [-0.3, -0.25) is 4.90 Å². The first kappa shape index (κ1) is 20.7. The third-order valence-corrected chi connectivity index (χ3v) is 6.73. The maximum Gasteiger partial charge on any atom is 0.415 e. The van der Waals surface area contributed by atoms with Crippen LogP contribution in [0.25, 0.3) is 11.0 Å². The molecule has 0 bridgehead atoms. The molecule has 5 rings (SSSR count). The van der Waals surface area contributed by atoms with Crippen LogP contribution >= 0.6 is 11.6 Å². The first-order chi connectivity index (χ1) is 15.3. The van der Waals surface area contributed by atoms with E-state index >= 15 is 0 Å². The lowest BCUT2D eigenvalue weighted by Crippen LogP contribution is -2.48. The quantitative estimate of drug-likeness (QED) is 0.529. The molecule has 1 aliphatic carbocycles. The Hall–Kier alpha value is -3.18. The molecule has 0 N–H and O–H groups in total. The third kappa shape index (κ3) is 3.47. The lowest BCUT2D eigenvalue weighted by molar-refractivity contribution is -0.139. The Morgan fingerprint density at radius 2 is 2.06 bits per heavy atom. The van der Waals surface area contributed by atoms with Gasteiger partial charge >= 0.3 is 6.09 Å². The number of carbonyl (C=O) groups excluding carboxylic acids is 1. The molecule has 1 saturated carbocycles. The number of fused-ring (bicyclic) bond motifs is 1. The van der Waals surface area contributed by atoms with Crippen molar-refractivity contribution in [2.24, 2.45) is 5.92 Å². The maximum atomic E-state index is 15.0. The number of rotatable bonds is 3. The molecule has 1 spiro atoms. The molecule has 164 valence electrons. The van der Waals surface area contributed by atoms with Gasteiger partial charge in [0, 0.05) is 18.9 Å². The van der Waals surface area contributed by atoms with Crippen LogP contribution < -0.4 is 4.90 Å². The number of para-hydroxylation sites is 1. The second kappa shape index (κ2) is 7.45. The van der Waals surface area contributed by atoms with Gasteiger partial charge in [0.1, 0.15) is 5.60 Å². The largest absolute Gasteiger partial charge is 0.441 e. The van der Waals surface area contributed by atoms with E-state index in [2.05, 4.69) is 11.1 Å². The number of amides is 1. The molecule has 1 aliphatic heterocycles. The molecule has 3 aromatic rings. The van der Waals surface area contributed by atoms with E-state index in [4.69, 9.17) is 16.3 Å². The number of hydrogen-bond acceptors (Lipinski definition) is 4. The zero-order valence-electron chi connectivity index (χ0n) is 17.0. The summed E-state index contributed by atoms with van der Waals surface area (Å²) in [7, 11) is 0. The molecule has 2 atom stereocenters. The fourth-order valence-electron chi connectivity index (χ4n) is 4.72. The van der Waals surface area contributed by atoms with Crippen molar-refractivity contribution in [2.75, 3.05) is 11.4 Å². The predicted octanol–water partition coefficient (Wildman–Crippen LogP) is 5.39. The number of anilines is 1. The zero-order valence-corrected chi connectivity index (χ0v) is 17.7. The fraction of sp³-hybridized carbons (Fsp3) is 0.348. The van der Waals surface area contributed by atoms with Crippen LogP contribution in [0.2, 0.25) is 5.02 Å². The Morgan fingerprint density at radius 1 is 1.25 bits per heavy atom. The molecule has 2 fully saturated rings. The molecule has 0 unspecified atom stereocenters. The van der Waals surface area contributed by atoms with Crippen LogP contribution in [0.5, 0.6) is 0 Å². The number of halogens is 3. The predicted molar refractivity (Wildman–Crippen MR) is 115 cm³/mol. The van der Waals surface area contributed by atoms with E-state index < -0.39 is 23.5 Å². The minimum absolute atomic E-state index is 0.00375. The number of nitrogens with zero attached hydrogens (tertiary/aromatic N) is 4. The summed E-state index contributed by atoms with van der Waals surface area (Å²) in [4.78, 5) is 18.3. The van der Waals surface area contributed by atoms with Crippen LogP contribution in [0.15, 0.2) is 48.8 Å². The van der Waals surface area contributed by atoms with E-state index in [1.54, 1.807) is 47.0 Å². The van der Waals surface area contributed by atoms with Crippen LogP contribution in [0.1, 0.15) is 24.8 Å². The Kier molecular flexibility index (Phi) is 4.82. The average molecular weight is 457 g/mol. The maximum absolute atomic E-state index is 15.0. The summed E-state index contributed by atoms with van der Waals surface area (Å²) < 4.78 is 37.3. The van der Waals surface area contributed by atoms with Crippen LogP contribution in [0, 0.1) is 17.2 Å². The van der Waals surface area contributed by atoms with Crippen LogP contribution in [0.4, 0.5) is 19.3 Å². The number of nitriles is 1. The lowest BCUT2D eigenvalue weighted by Gasteiger charge is -2.40. The molecule has 2 heterocycles. The number of benzene rings is 2. The van der Waals surface area contributed by atoms with Crippen molar-refractivity contribution < 1.29 is 18.3 Å². The van der Waals surface area contributed by atoms with E-state index in [1.165, 1.54) is 11.2 Å². The molecule has 2 aliphatic rings. The molecule has 1 saturated heterocycles.